The molecule has 0 bridgehead atoms. The first-order valence-electron chi connectivity index (χ1n) is 8.75. The largest absolute Gasteiger partial charge is 0.376 e. The number of fused-ring (bicyclic) bond motifs is 1. The molecular weight excluding hydrogens is 318 g/mol. The van der Waals surface area contributed by atoms with E-state index in [1.54, 1.807) is 18.5 Å². The highest BCUT2D eigenvalue weighted by atomic mass is 16.5. The molecule has 132 valence electrons. The molecule has 0 aromatic carbocycles. The van der Waals surface area contributed by atoms with Gasteiger partial charge in [0.25, 0.3) is 5.91 Å². The van der Waals surface area contributed by atoms with Crippen LogP contribution in [0.3, 0.4) is 0 Å². The average molecular weight is 341 g/mol. The molecular formula is C18H23N5O2. The Morgan fingerprint density at radius 3 is 2.96 bits per heavy atom. The lowest BCUT2D eigenvalue weighted by atomic mass is 9.84. The van der Waals surface area contributed by atoms with E-state index in [4.69, 9.17) is 4.74 Å². The Bertz CT molecular complexity index is 732. The lowest BCUT2D eigenvalue weighted by molar-refractivity contribution is 0.0612. The molecule has 0 radical (unpaired) electrons. The van der Waals surface area contributed by atoms with Crippen LogP contribution in [0, 0.1) is 11.8 Å². The van der Waals surface area contributed by atoms with Crippen LogP contribution in [0.15, 0.2) is 36.8 Å². The Balaban J connectivity index is 1.35. The number of ether oxygens (including phenoxy) is 1. The SMILES string of the molecule is Cn1cccc1C(=O)N1CC[C@@H]2[C@@H](CO[C@@H]2CNc2ncccn2)C1. The van der Waals surface area contributed by atoms with Gasteiger partial charge in [0.2, 0.25) is 5.95 Å². The van der Waals surface area contributed by atoms with Crippen LogP contribution in [-0.2, 0) is 11.8 Å². The summed E-state index contributed by atoms with van der Waals surface area (Å²) in [5, 5.41) is 3.25. The molecule has 1 amide bonds. The van der Waals surface area contributed by atoms with E-state index in [2.05, 4.69) is 15.3 Å². The molecule has 25 heavy (non-hydrogen) atoms. The minimum absolute atomic E-state index is 0.116. The van der Waals surface area contributed by atoms with Crippen LogP contribution in [0.25, 0.3) is 0 Å². The molecule has 0 aliphatic carbocycles. The zero-order chi connectivity index (χ0) is 17.2. The summed E-state index contributed by atoms with van der Waals surface area (Å²) in [4.78, 5) is 23.0. The number of anilines is 1. The zero-order valence-electron chi connectivity index (χ0n) is 14.3. The molecule has 2 aromatic rings. The Labute approximate surface area is 147 Å². The van der Waals surface area contributed by atoms with Crippen molar-refractivity contribution in [3.8, 4) is 0 Å². The summed E-state index contributed by atoms with van der Waals surface area (Å²) in [7, 11) is 1.91. The molecule has 4 heterocycles. The second kappa shape index (κ2) is 6.84. The fourth-order valence-corrected chi connectivity index (χ4v) is 3.91. The van der Waals surface area contributed by atoms with Gasteiger partial charge < -0.3 is 19.5 Å². The van der Waals surface area contributed by atoms with E-state index in [1.807, 2.05) is 34.8 Å². The van der Waals surface area contributed by atoms with Gasteiger partial charge in [0.05, 0.1) is 12.7 Å². The second-order valence-electron chi connectivity index (χ2n) is 6.79. The van der Waals surface area contributed by atoms with E-state index >= 15 is 0 Å². The quantitative estimate of drug-likeness (QED) is 0.910. The number of amides is 1. The van der Waals surface area contributed by atoms with Gasteiger partial charge in [-0.15, -0.1) is 0 Å². The molecule has 0 spiro atoms. The Hall–Kier alpha value is -2.41. The van der Waals surface area contributed by atoms with Gasteiger partial charge in [-0.1, -0.05) is 0 Å². The predicted molar refractivity (Wildman–Crippen MR) is 93.2 cm³/mol. The van der Waals surface area contributed by atoms with Gasteiger partial charge in [-0.05, 0) is 30.5 Å². The lowest BCUT2D eigenvalue weighted by Crippen LogP contribution is -2.45. The van der Waals surface area contributed by atoms with Crippen molar-refractivity contribution in [1.82, 2.24) is 19.4 Å². The number of likely N-dealkylation sites (tertiary alicyclic amines) is 1. The van der Waals surface area contributed by atoms with E-state index < -0.39 is 0 Å². The molecule has 7 heteroatoms. The van der Waals surface area contributed by atoms with Gasteiger partial charge in [-0.3, -0.25) is 4.79 Å². The molecule has 7 nitrogen and oxygen atoms in total. The maximum atomic E-state index is 12.7. The fourth-order valence-electron chi connectivity index (χ4n) is 3.91. The lowest BCUT2D eigenvalue weighted by Gasteiger charge is -2.35. The number of aryl methyl sites for hydroxylation is 1. The first-order valence-corrected chi connectivity index (χ1v) is 8.75. The van der Waals surface area contributed by atoms with Crippen molar-refractivity contribution < 1.29 is 9.53 Å². The van der Waals surface area contributed by atoms with Crippen molar-refractivity contribution in [2.45, 2.75) is 12.5 Å². The fraction of sp³-hybridized carbons (Fsp3) is 0.500. The molecule has 2 aliphatic rings. The van der Waals surface area contributed by atoms with Crippen molar-refractivity contribution >= 4 is 11.9 Å². The van der Waals surface area contributed by atoms with Crippen LogP contribution in [0.5, 0.6) is 0 Å². The summed E-state index contributed by atoms with van der Waals surface area (Å²) >= 11 is 0. The first-order chi connectivity index (χ1) is 12.2. The highest BCUT2D eigenvalue weighted by Gasteiger charge is 2.42. The Morgan fingerprint density at radius 1 is 1.36 bits per heavy atom. The molecule has 4 rings (SSSR count). The molecule has 2 aliphatic heterocycles. The minimum atomic E-state index is 0.116. The van der Waals surface area contributed by atoms with Crippen molar-refractivity contribution in [3.05, 3.63) is 42.5 Å². The summed E-state index contributed by atoms with van der Waals surface area (Å²) in [6.45, 7) is 2.97. The average Bonchev–Trinajstić information content (AvgIpc) is 3.25. The third-order valence-corrected chi connectivity index (χ3v) is 5.27. The number of aromatic nitrogens is 3. The van der Waals surface area contributed by atoms with E-state index in [1.165, 1.54) is 0 Å². The van der Waals surface area contributed by atoms with Gasteiger partial charge in [0, 0.05) is 51.2 Å². The molecule has 1 N–H and O–H groups in total. The normalized spacial score (nSPS) is 25.6. The summed E-state index contributed by atoms with van der Waals surface area (Å²) < 4.78 is 7.88. The van der Waals surface area contributed by atoms with Gasteiger partial charge in [0.15, 0.2) is 0 Å². The Kier molecular flexibility index (Phi) is 4.40. The van der Waals surface area contributed by atoms with Crippen LogP contribution in [0.4, 0.5) is 5.95 Å². The number of carbonyl (C=O) groups is 1. The van der Waals surface area contributed by atoms with Crippen molar-refractivity contribution in [2.24, 2.45) is 18.9 Å². The summed E-state index contributed by atoms with van der Waals surface area (Å²) in [5.41, 5.74) is 0.747. The number of rotatable bonds is 4. The highest BCUT2D eigenvalue weighted by molar-refractivity contribution is 5.92. The number of hydrogen-bond donors (Lipinski definition) is 1. The van der Waals surface area contributed by atoms with Crippen molar-refractivity contribution in [1.29, 1.82) is 0 Å². The van der Waals surface area contributed by atoms with Gasteiger partial charge in [0.1, 0.15) is 5.69 Å². The van der Waals surface area contributed by atoms with Crippen molar-refractivity contribution in [2.75, 3.05) is 31.6 Å². The van der Waals surface area contributed by atoms with Crippen LogP contribution < -0.4 is 5.32 Å². The monoisotopic (exact) mass is 341 g/mol. The number of nitrogens with zero attached hydrogens (tertiary/aromatic N) is 4. The van der Waals surface area contributed by atoms with Crippen molar-refractivity contribution in [3.63, 3.8) is 0 Å². The molecule has 2 fully saturated rings. The third-order valence-electron chi connectivity index (χ3n) is 5.27. The van der Waals surface area contributed by atoms with Gasteiger partial charge >= 0.3 is 0 Å². The summed E-state index contributed by atoms with van der Waals surface area (Å²) in [6.07, 6.45) is 6.48. The topological polar surface area (TPSA) is 72.3 Å². The molecule has 2 aromatic heterocycles. The summed E-state index contributed by atoms with van der Waals surface area (Å²) in [5.74, 6) is 1.63. The molecule has 2 saturated heterocycles. The van der Waals surface area contributed by atoms with Crippen LogP contribution in [-0.4, -0.2) is 57.7 Å². The molecule has 0 unspecified atom stereocenters. The van der Waals surface area contributed by atoms with Crippen LogP contribution in [0.1, 0.15) is 16.9 Å². The predicted octanol–water partition coefficient (Wildman–Crippen LogP) is 1.40. The third kappa shape index (κ3) is 3.24. The maximum Gasteiger partial charge on any atom is 0.270 e. The standard InChI is InChI=1S/C18H23N5O2/c1-22-8-2-4-15(22)17(24)23-9-5-14-13(11-23)12-25-16(14)10-21-18-19-6-3-7-20-18/h2-4,6-8,13-14,16H,5,9-12H2,1H3,(H,19,20,21)/t13-,14-,16-/m1/s1. The number of piperidine rings is 1. The number of carbonyl (C=O) groups excluding carboxylic acids is 1. The molecule has 0 saturated carbocycles. The van der Waals surface area contributed by atoms with E-state index in [9.17, 15) is 4.79 Å². The maximum absolute atomic E-state index is 12.7. The van der Waals surface area contributed by atoms with E-state index in [0.29, 0.717) is 30.9 Å². The highest BCUT2D eigenvalue weighted by Crippen LogP contribution is 2.34. The van der Waals surface area contributed by atoms with Gasteiger partial charge in [-0.25, -0.2) is 9.97 Å². The minimum Gasteiger partial charge on any atom is -0.376 e. The zero-order valence-corrected chi connectivity index (χ0v) is 14.3. The smallest absolute Gasteiger partial charge is 0.270 e. The molecule has 3 atom stereocenters. The van der Waals surface area contributed by atoms with Crippen LogP contribution in [0.2, 0.25) is 0 Å². The van der Waals surface area contributed by atoms with E-state index in [-0.39, 0.29) is 12.0 Å². The van der Waals surface area contributed by atoms with Crippen LogP contribution >= 0.6 is 0 Å². The number of nitrogens with one attached hydrogen (secondary N) is 1. The number of hydrogen-bond acceptors (Lipinski definition) is 5. The Morgan fingerprint density at radius 2 is 2.20 bits per heavy atom. The first kappa shape index (κ1) is 16.1. The summed E-state index contributed by atoms with van der Waals surface area (Å²) in [6, 6.07) is 5.59. The van der Waals surface area contributed by atoms with Gasteiger partial charge in [-0.2, -0.15) is 0 Å². The van der Waals surface area contributed by atoms with E-state index in [0.717, 1.165) is 25.2 Å². The second-order valence-corrected chi connectivity index (χ2v) is 6.79.